The van der Waals surface area contributed by atoms with Crippen molar-refractivity contribution in [2.45, 2.75) is 0 Å². The van der Waals surface area contributed by atoms with Crippen LogP contribution in [-0.2, 0) is 0 Å². The van der Waals surface area contributed by atoms with Crippen LogP contribution in [0.1, 0.15) is 5.56 Å². The average Bonchev–Trinajstić information content (AvgIpc) is 2.96. The molecule has 0 saturated heterocycles. The number of rotatable bonds is 3. The Labute approximate surface area is 140 Å². The number of non-ortho nitro benzene ring substituents is 1. The van der Waals surface area contributed by atoms with E-state index in [-0.39, 0.29) is 17.5 Å². The fourth-order valence-electron chi connectivity index (χ4n) is 1.97. The van der Waals surface area contributed by atoms with Crippen LogP contribution in [0.5, 0.6) is 0 Å². The number of nitrogens with two attached hydrogens (primary N) is 2. The molecule has 0 atom stereocenters. The second-order valence-electron chi connectivity index (χ2n) is 4.74. The van der Waals surface area contributed by atoms with E-state index in [1.54, 1.807) is 0 Å². The van der Waals surface area contributed by atoms with Crippen molar-refractivity contribution in [2.24, 2.45) is 21.5 Å². The van der Waals surface area contributed by atoms with Crippen LogP contribution in [0.15, 0.2) is 58.5 Å². The largest absolute Gasteiger partial charge is 0.383 e. The molecule has 3 rings (SSSR count). The molecule has 1 aromatic heterocycles. The third-order valence-corrected chi connectivity index (χ3v) is 4.03. The summed E-state index contributed by atoms with van der Waals surface area (Å²) in [7, 11) is 0. The molecule has 2 aromatic carbocycles. The highest BCUT2D eigenvalue weighted by Crippen LogP contribution is 2.27. The highest BCUT2D eigenvalue weighted by Gasteiger charge is 2.07. The van der Waals surface area contributed by atoms with Gasteiger partial charge in [0.15, 0.2) is 0 Å². The fourth-order valence-corrected chi connectivity index (χ4v) is 2.82. The van der Waals surface area contributed by atoms with Gasteiger partial charge in [-0.3, -0.25) is 10.1 Å². The number of nitro groups is 1. The Bertz CT molecular complexity index is 929. The van der Waals surface area contributed by atoms with E-state index in [4.69, 9.17) is 11.5 Å². The molecule has 0 amide bonds. The summed E-state index contributed by atoms with van der Waals surface area (Å²) in [5.74, 6) is 0.0807. The van der Waals surface area contributed by atoms with Gasteiger partial charge < -0.3 is 11.5 Å². The number of benzene rings is 2. The van der Waals surface area contributed by atoms with E-state index in [9.17, 15) is 10.1 Å². The Morgan fingerprint density at radius 1 is 1.12 bits per heavy atom. The molecule has 3 aromatic rings. The normalized spacial score (nSPS) is 12.5. The molecule has 0 aliphatic heterocycles. The first kappa shape index (κ1) is 15.6. The van der Waals surface area contributed by atoms with Crippen molar-refractivity contribution in [2.75, 3.05) is 0 Å². The smallest absolute Gasteiger partial charge is 0.269 e. The fraction of sp³-hybridized carbons (Fsp3) is 0. The van der Waals surface area contributed by atoms with Gasteiger partial charge in [-0.2, -0.15) is 9.98 Å². The van der Waals surface area contributed by atoms with Gasteiger partial charge in [-0.05, 0) is 24.3 Å². The molecule has 0 bridgehead atoms. The standard InChI is InChI=1S/C15H12N6O2S/c16-13(9-5-7-10(8-6-9)21(22)23)19-14(17)20-15-18-11-3-1-2-4-12(11)24-15/h1-8H,(H4,16,17,18,19,20). The summed E-state index contributed by atoms with van der Waals surface area (Å²) < 4.78 is 0.997. The SMILES string of the molecule is N/C(=N\C(N)=N\c1nc2ccccc2s1)c1ccc([N+](=O)[O-])cc1. The Morgan fingerprint density at radius 3 is 2.50 bits per heavy atom. The van der Waals surface area contributed by atoms with E-state index in [0.29, 0.717) is 10.7 Å². The number of para-hydroxylation sites is 1. The molecule has 0 unspecified atom stereocenters. The number of fused-ring (bicyclic) bond motifs is 1. The zero-order chi connectivity index (χ0) is 17.1. The highest BCUT2D eigenvalue weighted by atomic mass is 32.1. The zero-order valence-electron chi connectivity index (χ0n) is 12.3. The molecular formula is C15H12N6O2S. The second-order valence-corrected chi connectivity index (χ2v) is 5.74. The minimum absolute atomic E-state index is 0.0253. The lowest BCUT2D eigenvalue weighted by molar-refractivity contribution is -0.384. The maximum Gasteiger partial charge on any atom is 0.269 e. The lowest BCUT2D eigenvalue weighted by atomic mass is 10.2. The second kappa shape index (κ2) is 6.42. The van der Waals surface area contributed by atoms with Crippen molar-refractivity contribution in [3.63, 3.8) is 0 Å². The lowest BCUT2D eigenvalue weighted by Crippen LogP contribution is -2.19. The number of nitrogens with zero attached hydrogens (tertiary/aromatic N) is 4. The number of guanidine groups is 1. The summed E-state index contributed by atoms with van der Waals surface area (Å²) in [6.07, 6.45) is 0. The molecule has 9 heteroatoms. The van der Waals surface area contributed by atoms with E-state index in [1.807, 2.05) is 24.3 Å². The van der Waals surface area contributed by atoms with Gasteiger partial charge in [0, 0.05) is 17.7 Å². The molecule has 0 saturated carbocycles. The van der Waals surface area contributed by atoms with E-state index in [1.165, 1.54) is 35.6 Å². The number of amidine groups is 1. The molecule has 24 heavy (non-hydrogen) atoms. The number of nitro benzene ring substituents is 1. The molecule has 120 valence electrons. The van der Waals surface area contributed by atoms with Crippen LogP contribution < -0.4 is 11.5 Å². The van der Waals surface area contributed by atoms with Crippen LogP contribution in [0.2, 0.25) is 0 Å². The van der Waals surface area contributed by atoms with Crippen LogP contribution >= 0.6 is 11.3 Å². The number of aromatic nitrogens is 1. The molecule has 0 radical (unpaired) electrons. The first-order chi connectivity index (χ1) is 11.5. The first-order valence-corrected chi connectivity index (χ1v) is 7.63. The molecule has 0 aliphatic carbocycles. The van der Waals surface area contributed by atoms with Crippen LogP contribution in [0.25, 0.3) is 10.2 Å². The molecule has 0 fully saturated rings. The summed E-state index contributed by atoms with van der Waals surface area (Å²) in [5, 5.41) is 11.1. The Morgan fingerprint density at radius 2 is 1.83 bits per heavy atom. The third kappa shape index (κ3) is 3.36. The van der Waals surface area contributed by atoms with E-state index in [2.05, 4.69) is 15.0 Å². The molecular weight excluding hydrogens is 328 g/mol. The summed E-state index contributed by atoms with van der Waals surface area (Å²) in [5.41, 5.74) is 13.0. The molecule has 0 spiro atoms. The summed E-state index contributed by atoms with van der Waals surface area (Å²) >= 11 is 1.39. The van der Waals surface area contributed by atoms with Gasteiger partial charge in [0.25, 0.3) is 5.69 Å². The minimum atomic E-state index is -0.486. The maximum atomic E-state index is 10.6. The van der Waals surface area contributed by atoms with E-state index in [0.717, 1.165) is 10.2 Å². The van der Waals surface area contributed by atoms with Crippen LogP contribution in [-0.4, -0.2) is 21.7 Å². The van der Waals surface area contributed by atoms with Crippen molar-refractivity contribution in [1.29, 1.82) is 0 Å². The topological polar surface area (TPSA) is 133 Å². The monoisotopic (exact) mass is 340 g/mol. The number of hydrogen-bond donors (Lipinski definition) is 2. The van der Waals surface area contributed by atoms with Crippen molar-refractivity contribution in [3.8, 4) is 0 Å². The quantitative estimate of drug-likeness (QED) is 0.327. The number of hydrogen-bond acceptors (Lipinski definition) is 5. The van der Waals surface area contributed by atoms with E-state index >= 15 is 0 Å². The van der Waals surface area contributed by atoms with E-state index < -0.39 is 4.92 Å². The van der Waals surface area contributed by atoms with Crippen LogP contribution in [0, 0.1) is 10.1 Å². The minimum Gasteiger partial charge on any atom is -0.383 e. The molecule has 4 N–H and O–H groups in total. The van der Waals surface area contributed by atoms with Crippen LogP contribution in [0.3, 0.4) is 0 Å². The molecule has 1 heterocycles. The maximum absolute atomic E-state index is 10.6. The van der Waals surface area contributed by atoms with Gasteiger partial charge in [-0.25, -0.2) is 4.98 Å². The predicted octanol–water partition coefficient (Wildman–Crippen LogP) is 2.56. The molecule has 8 nitrogen and oxygen atoms in total. The Hall–Kier alpha value is -3.33. The van der Waals surface area contributed by atoms with Gasteiger partial charge >= 0.3 is 0 Å². The Balaban J connectivity index is 1.84. The first-order valence-electron chi connectivity index (χ1n) is 6.81. The predicted molar refractivity (Wildman–Crippen MR) is 94.7 cm³/mol. The summed E-state index contributed by atoms with van der Waals surface area (Å²) in [6.45, 7) is 0. The Kier molecular flexibility index (Phi) is 4.17. The molecule has 0 aliphatic rings. The van der Waals surface area contributed by atoms with Crippen molar-refractivity contribution in [1.82, 2.24) is 4.98 Å². The number of aliphatic imine (C=N–C) groups is 2. The van der Waals surface area contributed by atoms with Crippen molar-refractivity contribution < 1.29 is 4.92 Å². The van der Waals surface area contributed by atoms with Gasteiger partial charge in [0.1, 0.15) is 5.84 Å². The van der Waals surface area contributed by atoms with Gasteiger partial charge in [0.05, 0.1) is 15.1 Å². The highest BCUT2D eigenvalue weighted by molar-refractivity contribution is 7.22. The van der Waals surface area contributed by atoms with Gasteiger partial charge in [0.2, 0.25) is 11.1 Å². The average molecular weight is 340 g/mol. The lowest BCUT2D eigenvalue weighted by Gasteiger charge is -2.00. The van der Waals surface area contributed by atoms with Crippen molar-refractivity contribution >= 4 is 44.2 Å². The van der Waals surface area contributed by atoms with Gasteiger partial charge in [-0.1, -0.05) is 23.5 Å². The summed E-state index contributed by atoms with van der Waals surface area (Å²) in [6, 6.07) is 13.3. The zero-order valence-corrected chi connectivity index (χ0v) is 13.1. The number of thiazole rings is 1. The van der Waals surface area contributed by atoms with Gasteiger partial charge in [-0.15, -0.1) is 0 Å². The van der Waals surface area contributed by atoms with Crippen molar-refractivity contribution in [3.05, 3.63) is 64.2 Å². The summed E-state index contributed by atoms with van der Waals surface area (Å²) in [4.78, 5) is 22.6. The van der Waals surface area contributed by atoms with Crippen LogP contribution in [0.4, 0.5) is 10.8 Å². The third-order valence-electron chi connectivity index (χ3n) is 3.10.